The van der Waals surface area contributed by atoms with Crippen molar-refractivity contribution in [2.75, 3.05) is 19.8 Å². The number of benzene rings is 2. The van der Waals surface area contributed by atoms with Crippen LogP contribution in [-0.2, 0) is 28.5 Å². The first-order valence-corrected chi connectivity index (χ1v) is 8.45. The van der Waals surface area contributed by atoms with Crippen LogP contribution >= 0.6 is 0 Å². The van der Waals surface area contributed by atoms with Gasteiger partial charge < -0.3 is 4.74 Å². The van der Waals surface area contributed by atoms with E-state index in [1.165, 1.54) is 5.06 Å². The molecule has 1 fully saturated rings. The molecule has 1 heterocycles. The van der Waals surface area contributed by atoms with Crippen LogP contribution < -0.4 is 0 Å². The molecular formula is C19H17F6NO2. The van der Waals surface area contributed by atoms with E-state index in [1.807, 2.05) is 30.3 Å². The van der Waals surface area contributed by atoms with E-state index in [0.717, 1.165) is 5.56 Å². The fourth-order valence-corrected chi connectivity index (χ4v) is 2.94. The highest BCUT2D eigenvalue weighted by Gasteiger charge is 2.37. The van der Waals surface area contributed by atoms with Gasteiger partial charge in [-0.1, -0.05) is 30.3 Å². The first kappa shape index (κ1) is 20.6. The zero-order valence-corrected chi connectivity index (χ0v) is 14.6. The average Bonchev–Trinajstić information content (AvgIpc) is 2.66. The molecule has 0 radical (unpaired) electrons. The highest BCUT2D eigenvalue weighted by Crippen LogP contribution is 2.36. The Balaban J connectivity index is 1.81. The molecule has 1 atom stereocenters. The summed E-state index contributed by atoms with van der Waals surface area (Å²) in [5.41, 5.74) is -2.05. The minimum absolute atomic E-state index is 0.102. The van der Waals surface area contributed by atoms with E-state index in [1.54, 1.807) is 0 Å². The molecule has 0 N–H and O–H groups in total. The summed E-state index contributed by atoms with van der Waals surface area (Å²) in [6, 6.07) is 10.3. The van der Waals surface area contributed by atoms with Crippen LogP contribution in [0, 0.1) is 0 Å². The third-order valence-electron chi connectivity index (χ3n) is 4.31. The van der Waals surface area contributed by atoms with E-state index in [9.17, 15) is 26.3 Å². The van der Waals surface area contributed by atoms with Crippen molar-refractivity contribution in [3.8, 4) is 0 Å². The van der Waals surface area contributed by atoms with Crippen LogP contribution in [0.25, 0.3) is 0 Å². The van der Waals surface area contributed by atoms with E-state index < -0.39 is 30.1 Å². The van der Waals surface area contributed by atoms with Gasteiger partial charge in [0.1, 0.15) is 0 Å². The molecule has 0 bridgehead atoms. The normalized spacial score (nSPS) is 19.0. The number of halogens is 6. The second kappa shape index (κ2) is 8.10. The fourth-order valence-electron chi connectivity index (χ4n) is 2.94. The topological polar surface area (TPSA) is 21.7 Å². The van der Waals surface area contributed by atoms with Gasteiger partial charge in [0.25, 0.3) is 0 Å². The quantitative estimate of drug-likeness (QED) is 0.651. The van der Waals surface area contributed by atoms with Crippen molar-refractivity contribution < 1.29 is 35.9 Å². The van der Waals surface area contributed by atoms with Crippen molar-refractivity contribution in [3.05, 3.63) is 70.8 Å². The molecule has 0 aromatic heterocycles. The van der Waals surface area contributed by atoms with Crippen LogP contribution in [0.1, 0.15) is 28.3 Å². The van der Waals surface area contributed by atoms with Crippen LogP contribution in [0.4, 0.5) is 26.3 Å². The molecule has 1 aliphatic heterocycles. The predicted molar refractivity (Wildman–Crippen MR) is 87.9 cm³/mol. The second-order valence-corrected chi connectivity index (χ2v) is 6.33. The molecule has 1 aliphatic rings. The Hall–Kier alpha value is -2.10. The maximum Gasteiger partial charge on any atom is 0.416 e. The largest absolute Gasteiger partial charge is 0.416 e. The summed E-state index contributed by atoms with van der Waals surface area (Å²) in [4.78, 5) is 5.59. The second-order valence-electron chi connectivity index (χ2n) is 6.33. The lowest BCUT2D eigenvalue weighted by molar-refractivity contribution is -0.235. The number of nitrogens with zero attached hydrogens (tertiary/aromatic N) is 1. The van der Waals surface area contributed by atoms with Gasteiger partial charge >= 0.3 is 12.4 Å². The standard InChI is InChI=1S/C19H17F6NO2/c20-18(21,22)15-8-13(9-16(10-15)19(23,24)25)11-28-26-6-7-27-12-17(26)14-4-2-1-3-5-14/h1-5,8-10,17H,6-7,11-12H2/t17-/m0/s1. The van der Waals surface area contributed by atoms with Gasteiger partial charge in [0, 0.05) is 6.54 Å². The molecule has 1 saturated heterocycles. The SMILES string of the molecule is FC(F)(F)c1cc(CON2CCOC[C@H]2c2ccccc2)cc(C(F)(F)F)c1. The zero-order chi connectivity index (χ0) is 20.4. The van der Waals surface area contributed by atoms with Crippen molar-refractivity contribution in [1.29, 1.82) is 0 Å². The number of rotatable bonds is 4. The molecule has 2 aromatic rings. The Morgan fingerprint density at radius 3 is 2.11 bits per heavy atom. The smallest absolute Gasteiger partial charge is 0.378 e. The monoisotopic (exact) mass is 405 g/mol. The highest BCUT2D eigenvalue weighted by atomic mass is 19.4. The van der Waals surface area contributed by atoms with Crippen molar-refractivity contribution in [2.45, 2.75) is 25.0 Å². The minimum atomic E-state index is -4.89. The number of ether oxygens (including phenoxy) is 1. The van der Waals surface area contributed by atoms with Crippen molar-refractivity contribution >= 4 is 0 Å². The molecule has 9 heteroatoms. The predicted octanol–water partition coefficient (Wildman–Crippen LogP) is 5.23. The van der Waals surface area contributed by atoms with Gasteiger partial charge in [0.15, 0.2) is 0 Å². The molecular weight excluding hydrogens is 388 g/mol. The minimum Gasteiger partial charge on any atom is -0.378 e. The third-order valence-corrected chi connectivity index (χ3v) is 4.31. The molecule has 0 amide bonds. The van der Waals surface area contributed by atoms with Gasteiger partial charge in [0.2, 0.25) is 0 Å². The summed E-state index contributed by atoms with van der Waals surface area (Å²) in [6.07, 6.45) is -9.77. The number of alkyl halides is 6. The van der Waals surface area contributed by atoms with Crippen molar-refractivity contribution in [3.63, 3.8) is 0 Å². The Morgan fingerprint density at radius 2 is 1.54 bits per heavy atom. The van der Waals surface area contributed by atoms with Crippen LogP contribution in [0.5, 0.6) is 0 Å². The van der Waals surface area contributed by atoms with Gasteiger partial charge in [-0.3, -0.25) is 4.84 Å². The number of hydrogen-bond donors (Lipinski definition) is 0. The molecule has 3 rings (SSSR count). The summed E-state index contributed by atoms with van der Waals surface area (Å²) in [5, 5.41) is 1.53. The molecule has 2 aromatic carbocycles. The molecule has 28 heavy (non-hydrogen) atoms. The van der Waals surface area contributed by atoms with Gasteiger partial charge in [-0.2, -0.15) is 31.4 Å². The first-order valence-electron chi connectivity index (χ1n) is 8.45. The van der Waals surface area contributed by atoms with Gasteiger partial charge in [0.05, 0.1) is 37.0 Å². The van der Waals surface area contributed by atoms with Gasteiger partial charge in [-0.15, -0.1) is 0 Å². The van der Waals surface area contributed by atoms with Crippen molar-refractivity contribution in [2.24, 2.45) is 0 Å². The van der Waals surface area contributed by atoms with Crippen molar-refractivity contribution in [1.82, 2.24) is 5.06 Å². The Bertz CT molecular complexity index is 759. The fraction of sp³-hybridized carbons (Fsp3) is 0.368. The molecule has 0 aliphatic carbocycles. The van der Waals surface area contributed by atoms with E-state index >= 15 is 0 Å². The Labute approximate surface area is 157 Å². The molecule has 152 valence electrons. The molecule has 0 saturated carbocycles. The Morgan fingerprint density at radius 1 is 0.929 bits per heavy atom. The highest BCUT2D eigenvalue weighted by molar-refractivity contribution is 5.33. The van der Waals surface area contributed by atoms with Gasteiger partial charge in [-0.25, -0.2) is 0 Å². The van der Waals surface area contributed by atoms with Crippen LogP contribution in [-0.4, -0.2) is 24.8 Å². The summed E-state index contributed by atoms with van der Waals surface area (Å²) >= 11 is 0. The number of hydroxylamine groups is 2. The van der Waals surface area contributed by atoms with Gasteiger partial charge in [-0.05, 0) is 29.3 Å². The maximum atomic E-state index is 13.0. The molecule has 0 unspecified atom stereocenters. The average molecular weight is 405 g/mol. The molecule has 0 spiro atoms. The van der Waals surface area contributed by atoms with E-state index in [-0.39, 0.29) is 17.7 Å². The van der Waals surface area contributed by atoms with Crippen LogP contribution in [0.3, 0.4) is 0 Å². The summed E-state index contributed by atoms with van der Waals surface area (Å²) < 4.78 is 83.3. The summed E-state index contributed by atoms with van der Waals surface area (Å²) in [6.45, 7) is 0.571. The summed E-state index contributed by atoms with van der Waals surface area (Å²) in [7, 11) is 0. The number of morpholine rings is 1. The lowest BCUT2D eigenvalue weighted by Crippen LogP contribution is -2.39. The van der Waals surface area contributed by atoms with E-state index in [4.69, 9.17) is 9.57 Å². The maximum absolute atomic E-state index is 13.0. The summed E-state index contributed by atoms with van der Waals surface area (Å²) in [5.74, 6) is 0. The van der Waals surface area contributed by atoms with Crippen LogP contribution in [0.2, 0.25) is 0 Å². The lowest BCUT2D eigenvalue weighted by Gasteiger charge is -2.34. The Kier molecular flexibility index (Phi) is 5.97. The van der Waals surface area contributed by atoms with E-state index in [2.05, 4.69) is 0 Å². The zero-order valence-electron chi connectivity index (χ0n) is 14.6. The lowest BCUT2D eigenvalue weighted by atomic mass is 10.1. The van der Waals surface area contributed by atoms with E-state index in [0.29, 0.717) is 31.9 Å². The first-order chi connectivity index (χ1) is 13.1. The molecule has 3 nitrogen and oxygen atoms in total. The third kappa shape index (κ3) is 5.03. The van der Waals surface area contributed by atoms with Crippen LogP contribution in [0.15, 0.2) is 48.5 Å². The number of hydrogen-bond acceptors (Lipinski definition) is 3.